The van der Waals surface area contributed by atoms with Crippen molar-refractivity contribution in [1.29, 1.82) is 0 Å². The minimum atomic E-state index is -0.280. The van der Waals surface area contributed by atoms with E-state index in [2.05, 4.69) is 21.3 Å². The maximum atomic E-state index is 12.5. The zero-order valence-electron chi connectivity index (χ0n) is 18.8. The number of fused-ring (bicyclic) bond motifs is 2. The molecule has 2 amide bonds. The van der Waals surface area contributed by atoms with Crippen molar-refractivity contribution in [2.45, 2.75) is 19.8 Å². The number of ether oxygens (including phenoxy) is 1. The molecule has 0 aliphatic carbocycles. The normalized spacial score (nSPS) is 14.4. The fourth-order valence-electron chi connectivity index (χ4n) is 4.18. The summed E-state index contributed by atoms with van der Waals surface area (Å²) >= 11 is 1.44. The molecule has 5 rings (SSSR count). The van der Waals surface area contributed by atoms with Crippen LogP contribution in [0.15, 0.2) is 48.5 Å². The molecule has 1 aliphatic heterocycles. The molecule has 174 valence electrons. The van der Waals surface area contributed by atoms with Crippen LogP contribution in [0.5, 0.6) is 5.75 Å². The Morgan fingerprint density at radius 2 is 1.97 bits per heavy atom. The summed E-state index contributed by atoms with van der Waals surface area (Å²) in [5.74, 6) is 0.772. The lowest BCUT2D eigenvalue weighted by molar-refractivity contribution is -0.122. The number of piperidine rings is 1. The number of pyridine rings is 1. The molecule has 2 aromatic heterocycles. The van der Waals surface area contributed by atoms with Crippen LogP contribution in [0.4, 0.5) is 10.9 Å². The summed E-state index contributed by atoms with van der Waals surface area (Å²) in [5, 5.41) is 4.30. The Labute approximate surface area is 200 Å². The van der Waals surface area contributed by atoms with Crippen LogP contribution in [0.1, 0.15) is 18.4 Å². The lowest BCUT2D eigenvalue weighted by Gasteiger charge is -2.31. The summed E-state index contributed by atoms with van der Waals surface area (Å²) in [6.45, 7) is 3.32. The van der Waals surface area contributed by atoms with Gasteiger partial charge in [-0.2, -0.15) is 0 Å². The number of thiazole rings is 1. The fraction of sp³-hybridized carbons (Fsp3) is 0.280. The predicted octanol–water partition coefficient (Wildman–Crippen LogP) is 3.87. The van der Waals surface area contributed by atoms with Crippen molar-refractivity contribution >= 4 is 55.2 Å². The lowest BCUT2D eigenvalue weighted by Crippen LogP contribution is -2.38. The molecule has 3 N–H and O–H groups in total. The van der Waals surface area contributed by atoms with E-state index in [4.69, 9.17) is 15.5 Å². The standard InChI is InChI=1S/C25H25N5O3S/c1-15-5-7-18-20(13-15)34-25(27-18)29-22(31)14-33-19-4-2-3-16-6-8-21(28-23(16)19)30-11-9-17(10-12-30)24(26)32/h2-8,13,17H,9-12,14H2,1H3,(H2,26,32)(H,27,29,31). The number of carbonyl (C=O) groups excluding carboxylic acids is 2. The first-order valence-corrected chi connectivity index (χ1v) is 12.0. The number of carbonyl (C=O) groups is 2. The Balaban J connectivity index is 1.27. The Hall–Kier alpha value is -3.72. The molecule has 0 saturated carbocycles. The van der Waals surface area contributed by atoms with Crippen molar-refractivity contribution in [2.24, 2.45) is 11.7 Å². The minimum Gasteiger partial charge on any atom is -0.481 e. The molecular formula is C25H25N5O3S. The van der Waals surface area contributed by atoms with Gasteiger partial charge in [0.1, 0.15) is 17.1 Å². The molecule has 0 spiro atoms. The van der Waals surface area contributed by atoms with Gasteiger partial charge in [-0.1, -0.05) is 29.5 Å². The highest BCUT2D eigenvalue weighted by Crippen LogP contribution is 2.29. The Kier molecular flexibility index (Phi) is 6.02. The quantitative estimate of drug-likeness (QED) is 0.438. The molecular weight excluding hydrogens is 450 g/mol. The van der Waals surface area contributed by atoms with Crippen molar-refractivity contribution < 1.29 is 14.3 Å². The van der Waals surface area contributed by atoms with Crippen LogP contribution >= 0.6 is 11.3 Å². The van der Waals surface area contributed by atoms with E-state index in [1.807, 2.05) is 49.4 Å². The number of nitrogens with one attached hydrogen (secondary N) is 1. The molecule has 4 aromatic rings. The van der Waals surface area contributed by atoms with E-state index < -0.39 is 0 Å². The fourth-order valence-corrected chi connectivity index (χ4v) is 5.16. The van der Waals surface area contributed by atoms with Gasteiger partial charge in [-0.3, -0.25) is 14.9 Å². The molecule has 1 fully saturated rings. The summed E-state index contributed by atoms with van der Waals surface area (Å²) < 4.78 is 6.89. The van der Waals surface area contributed by atoms with Gasteiger partial charge in [0, 0.05) is 24.4 Å². The molecule has 0 atom stereocenters. The maximum Gasteiger partial charge on any atom is 0.264 e. The van der Waals surface area contributed by atoms with Crippen LogP contribution in [0, 0.1) is 12.8 Å². The van der Waals surface area contributed by atoms with Crippen molar-refractivity contribution in [3.63, 3.8) is 0 Å². The van der Waals surface area contributed by atoms with Gasteiger partial charge in [0.2, 0.25) is 5.91 Å². The van der Waals surface area contributed by atoms with Crippen molar-refractivity contribution in [3.05, 3.63) is 54.1 Å². The van der Waals surface area contributed by atoms with Crippen LogP contribution in [0.2, 0.25) is 0 Å². The Bertz CT molecular complexity index is 1380. The van der Waals surface area contributed by atoms with Gasteiger partial charge in [0.15, 0.2) is 11.7 Å². The van der Waals surface area contributed by atoms with Crippen LogP contribution in [0.25, 0.3) is 21.1 Å². The van der Waals surface area contributed by atoms with Gasteiger partial charge in [-0.15, -0.1) is 0 Å². The lowest BCUT2D eigenvalue weighted by atomic mass is 9.96. The molecule has 34 heavy (non-hydrogen) atoms. The molecule has 9 heteroatoms. The van der Waals surface area contributed by atoms with E-state index in [1.165, 1.54) is 11.3 Å². The SMILES string of the molecule is Cc1ccc2nc(NC(=O)COc3cccc4ccc(N5CCC(C(N)=O)CC5)nc34)sc2c1. The monoisotopic (exact) mass is 475 g/mol. The average molecular weight is 476 g/mol. The number of amides is 2. The van der Waals surface area contributed by atoms with E-state index in [-0.39, 0.29) is 24.3 Å². The van der Waals surface area contributed by atoms with Crippen LogP contribution in [-0.4, -0.2) is 41.5 Å². The molecule has 0 bridgehead atoms. The Morgan fingerprint density at radius 1 is 1.15 bits per heavy atom. The largest absolute Gasteiger partial charge is 0.481 e. The predicted molar refractivity (Wildman–Crippen MR) is 134 cm³/mol. The number of rotatable bonds is 6. The van der Waals surface area contributed by atoms with Gasteiger partial charge in [-0.05, 0) is 55.7 Å². The number of nitrogens with two attached hydrogens (primary N) is 1. The van der Waals surface area contributed by atoms with Crippen LogP contribution in [-0.2, 0) is 9.59 Å². The molecule has 0 radical (unpaired) electrons. The molecule has 1 saturated heterocycles. The summed E-state index contributed by atoms with van der Waals surface area (Å²) in [5.41, 5.74) is 8.16. The number of para-hydroxylation sites is 1. The maximum absolute atomic E-state index is 12.5. The Morgan fingerprint density at radius 3 is 2.76 bits per heavy atom. The molecule has 0 unspecified atom stereocenters. The van der Waals surface area contributed by atoms with Gasteiger partial charge < -0.3 is 15.4 Å². The summed E-state index contributed by atoms with van der Waals surface area (Å²) in [6.07, 6.45) is 1.44. The number of anilines is 2. The van der Waals surface area contributed by atoms with Crippen molar-refractivity contribution in [2.75, 3.05) is 29.9 Å². The highest BCUT2D eigenvalue weighted by molar-refractivity contribution is 7.22. The minimum absolute atomic E-state index is 0.0754. The third kappa shape index (κ3) is 4.65. The third-order valence-corrected chi connectivity index (χ3v) is 6.97. The second-order valence-electron chi connectivity index (χ2n) is 8.49. The van der Waals surface area contributed by atoms with E-state index in [0.29, 0.717) is 16.4 Å². The first-order valence-electron chi connectivity index (χ1n) is 11.2. The summed E-state index contributed by atoms with van der Waals surface area (Å²) in [4.78, 5) is 35.4. The van der Waals surface area contributed by atoms with Crippen LogP contribution < -0.4 is 20.7 Å². The van der Waals surface area contributed by atoms with E-state index in [9.17, 15) is 9.59 Å². The summed E-state index contributed by atoms with van der Waals surface area (Å²) in [7, 11) is 0. The van der Waals surface area contributed by atoms with Crippen LogP contribution in [0.3, 0.4) is 0 Å². The second kappa shape index (κ2) is 9.26. The average Bonchev–Trinajstić information content (AvgIpc) is 3.23. The molecule has 3 heterocycles. The highest BCUT2D eigenvalue weighted by atomic mass is 32.1. The highest BCUT2D eigenvalue weighted by Gasteiger charge is 2.24. The topological polar surface area (TPSA) is 110 Å². The van der Waals surface area contributed by atoms with E-state index in [1.54, 1.807) is 0 Å². The first kappa shape index (κ1) is 22.1. The molecule has 2 aromatic carbocycles. The number of aryl methyl sites for hydroxylation is 1. The summed E-state index contributed by atoms with van der Waals surface area (Å²) in [6, 6.07) is 15.6. The van der Waals surface area contributed by atoms with Crippen molar-refractivity contribution in [3.8, 4) is 5.75 Å². The number of aromatic nitrogens is 2. The number of primary amides is 1. The zero-order chi connectivity index (χ0) is 23.7. The van der Waals surface area contributed by atoms with E-state index >= 15 is 0 Å². The van der Waals surface area contributed by atoms with Gasteiger partial charge >= 0.3 is 0 Å². The smallest absolute Gasteiger partial charge is 0.264 e. The number of benzene rings is 2. The zero-order valence-corrected chi connectivity index (χ0v) is 19.6. The number of nitrogens with zero attached hydrogens (tertiary/aromatic N) is 3. The number of hydrogen-bond acceptors (Lipinski definition) is 7. The third-order valence-electron chi connectivity index (χ3n) is 6.04. The van der Waals surface area contributed by atoms with Gasteiger partial charge in [-0.25, -0.2) is 9.97 Å². The van der Waals surface area contributed by atoms with E-state index in [0.717, 1.165) is 52.9 Å². The van der Waals surface area contributed by atoms with Gasteiger partial charge in [0.05, 0.1) is 10.2 Å². The second-order valence-corrected chi connectivity index (χ2v) is 9.52. The first-order chi connectivity index (χ1) is 16.5. The molecule has 8 nitrogen and oxygen atoms in total. The van der Waals surface area contributed by atoms with Gasteiger partial charge in [0.25, 0.3) is 5.91 Å². The van der Waals surface area contributed by atoms with Crippen molar-refractivity contribution in [1.82, 2.24) is 9.97 Å². The molecule has 1 aliphatic rings. The number of hydrogen-bond donors (Lipinski definition) is 2.